The third-order valence-corrected chi connectivity index (χ3v) is 1.48. The second-order valence-electron chi connectivity index (χ2n) is 4.18. The minimum absolute atomic E-state index is 0.00366. The molecule has 62 valence electrons. The average Bonchev–Trinajstić information content (AvgIpc) is 1.60. The van der Waals surface area contributed by atoms with Crippen molar-refractivity contribution < 1.29 is 4.74 Å². The lowest BCUT2D eigenvalue weighted by Gasteiger charge is -2.27. The van der Waals surface area contributed by atoms with Crippen LogP contribution in [-0.4, -0.2) is 11.7 Å². The Bertz CT molecular complexity index is 89.4. The minimum Gasteiger partial charge on any atom is -0.373 e. The van der Waals surface area contributed by atoms with Crippen LogP contribution in [0.4, 0.5) is 0 Å². The SMILES string of the molecule is CC(C)C(C)OC(C)(C)C. The molecule has 0 spiro atoms. The van der Waals surface area contributed by atoms with Crippen molar-refractivity contribution in [1.29, 1.82) is 0 Å². The molecule has 0 aromatic rings. The Labute approximate surface area is 64.8 Å². The molecule has 0 aromatic heterocycles. The summed E-state index contributed by atoms with van der Waals surface area (Å²) in [4.78, 5) is 0. The minimum atomic E-state index is 0.00366. The maximum atomic E-state index is 5.70. The van der Waals surface area contributed by atoms with Crippen LogP contribution in [0.3, 0.4) is 0 Å². The van der Waals surface area contributed by atoms with Gasteiger partial charge in [-0.05, 0) is 33.6 Å². The van der Waals surface area contributed by atoms with E-state index in [2.05, 4.69) is 41.5 Å². The first-order valence-electron chi connectivity index (χ1n) is 4.01. The van der Waals surface area contributed by atoms with Crippen molar-refractivity contribution in [2.45, 2.75) is 53.2 Å². The van der Waals surface area contributed by atoms with Gasteiger partial charge in [0.05, 0.1) is 11.7 Å². The van der Waals surface area contributed by atoms with E-state index in [0.717, 1.165) is 0 Å². The standard InChI is InChI=1S/C9H20O/c1-7(2)8(3)10-9(4,5)6/h7-8H,1-6H3. The van der Waals surface area contributed by atoms with Gasteiger partial charge >= 0.3 is 0 Å². The lowest BCUT2D eigenvalue weighted by molar-refractivity contribution is -0.0698. The monoisotopic (exact) mass is 144 g/mol. The van der Waals surface area contributed by atoms with E-state index in [-0.39, 0.29) is 5.60 Å². The molecular weight excluding hydrogens is 124 g/mol. The maximum absolute atomic E-state index is 5.70. The first kappa shape index (κ1) is 9.96. The van der Waals surface area contributed by atoms with Crippen molar-refractivity contribution >= 4 is 0 Å². The molecule has 0 aromatic carbocycles. The van der Waals surface area contributed by atoms with Crippen LogP contribution in [-0.2, 0) is 4.74 Å². The van der Waals surface area contributed by atoms with Crippen molar-refractivity contribution in [2.24, 2.45) is 5.92 Å². The van der Waals surface area contributed by atoms with E-state index < -0.39 is 0 Å². The van der Waals surface area contributed by atoms with Crippen molar-refractivity contribution in [2.75, 3.05) is 0 Å². The van der Waals surface area contributed by atoms with Gasteiger partial charge < -0.3 is 4.74 Å². The third kappa shape index (κ3) is 4.80. The van der Waals surface area contributed by atoms with Crippen LogP contribution in [0.1, 0.15) is 41.5 Å². The number of rotatable bonds is 2. The Morgan fingerprint density at radius 3 is 1.50 bits per heavy atom. The van der Waals surface area contributed by atoms with E-state index in [9.17, 15) is 0 Å². The Morgan fingerprint density at radius 2 is 1.40 bits per heavy atom. The first-order valence-corrected chi connectivity index (χ1v) is 4.01. The molecule has 0 heterocycles. The fourth-order valence-electron chi connectivity index (χ4n) is 0.694. The van der Waals surface area contributed by atoms with E-state index in [1.165, 1.54) is 0 Å². The van der Waals surface area contributed by atoms with Gasteiger partial charge in [-0.3, -0.25) is 0 Å². The van der Waals surface area contributed by atoms with E-state index >= 15 is 0 Å². The highest BCUT2D eigenvalue weighted by molar-refractivity contribution is 4.64. The summed E-state index contributed by atoms with van der Waals surface area (Å²) in [5.74, 6) is 0.610. The topological polar surface area (TPSA) is 9.23 Å². The Balaban J connectivity index is 3.68. The van der Waals surface area contributed by atoms with E-state index in [1.54, 1.807) is 0 Å². The summed E-state index contributed by atoms with van der Waals surface area (Å²) in [6.45, 7) is 12.7. The highest BCUT2D eigenvalue weighted by Crippen LogP contribution is 2.15. The van der Waals surface area contributed by atoms with Gasteiger partial charge in [0.25, 0.3) is 0 Å². The summed E-state index contributed by atoms with van der Waals surface area (Å²) in [5.41, 5.74) is 0.00366. The number of ether oxygens (including phenoxy) is 1. The van der Waals surface area contributed by atoms with Gasteiger partial charge in [0.15, 0.2) is 0 Å². The van der Waals surface area contributed by atoms with Crippen LogP contribution in [0.15, 0.2) is 0 Å². The van der Waals surface area contributed by atoms with Gasteiger partial charge in [0, 0.05) is 0 Å². The van der Waals surface area contributed by atoms with Crippen LogP contribution in [0.2, 0.25) is 0 Å². The molecular formula is C9H20O. The maximum Gasteiger partial charge on any atom is 0.0602 e. The number of hydrogen-bond donors (Lipinski definition) is 0. The van der Waals surface area contributed by atoms with Gasteiger partial charge in [0.2, 0.25) is 0 Å². The van der Waals surface area contributed by atoms with E-state index in [0.29, 0.717) is 12.0 Å². The molecule has 0 N–H and O–H groups in total. The molecule has 0 rings (SSSR count). The summed E-state index contributed by atoms with van der Waals surface area (Å²) in [7, 11) is 0. The van der Waals surface area contributed by atoms with Crippen molar-refractivity contribution in [1.82, 2.24) is 0 Å². The number of hydrogen-bond acceptors (Lipinski definition) is 1. The third-order valence-electron chi connectivity index (χ3n) is 1.48. The summed E-state index contributed by atoms with van der Waals surface area (Å²) in [6.07, 6.45) is 0.361. The Kier molecular flexibility index (Phi) is 3.37. The molecule has 0 fully saturated rings. The Hall–Kier alpha value is -0.0400. The molecule has 0 saturated carbocycles. The second-order valence-corrected chi connectivity index (χ2v) is 4.18. The molecule has 0 aliphatic heterocycles. The van der Waals surface area contributed by atoms with Gasteiger partial charge in [-0.2, -0.15) is 0 Å². The van der Waals surface area contributed by atoms with Gasteiger partial charge in [-0.15, -0.1) is 0 Å². The quantitative estimate of drug-likeness (QED) is 0.579. The lowest BCUT2D eigenvalue weighted by Crippen LogP contribution is -2.28. The van der Waals surface area contributed by atoms with E-state index in [1.807, 2.05) is 0 Å². The second kappa shape index (κ2) is 3.38. The molecule has 0 bridgehead atoms. The van der Waals surface area contributed by atoms with Crippen molar-refractivity contribution in [3.63, 3.8) is 0 Å². The van der Waals surface area contributed by atoms with Crippen LogP contribution in [0, 0.1) is 5.92 Å². The highest BCUT2D eigenvalue weighted by Gasteiger charge is 2.16. The Morgan fingerprint density at radius 1 is 1.00 bits per heavy atom. The predicted octanol–water partition coefficient (Wildman–Crippen LogP) is 2.85. The van der Waals surface area contributed by atoms with Gasteiger partial charge in [-0.25, -0.2) is 0 Å². The normalized spacial score (nSPS) is 15.9. The summed E-state index contributed by atoms with van der Waals surface area (Å²) >= 11 is 0. The van der Waals surface area contributed by atoms with E-state index in [4.69, 9.17) is 4.74 Å². The van der Waals surface area contributed by atoms with Crippen molar-refractivity contribution in [3.8, 4) is 0 Å². The molecule has 0 amide bonds. The summed E-state index contributed by atoms with van der Waals surface area (Å²) in [5, 5.41) is 0. The first-order chi connectivity index (χ1) is 4.33. The fraction of sp³-hybridized carbons (Fsp3) is 1.00. The molecule has 10 heavy (non-hydrogen) atoms. The smallest absolute Gasteiger partial charge is 0.0602 e. The largest absolute Gasteiger partial charge is 0.373 e. The zero-order chi connectivity index (χ0) is 8.36. The highest BCUT2D eigenvalue weighted by atomic mass is 16.5. The molecule has 1 atom stereocenters. The predicted molar refractivity (Wildman–Crippen MR) is 45.1 cm³/mol. The average molecular weight is 144 g/mol. The zero-order valence-electron chi connectivity index (χ0n) is 8.06. The van der Waals surface area contributed by atoms with Gasteiger partial charge in [0.1, 0.15) is 0 Å². The summed E-state index contributed by atoms with van der Waals surface area (Å²) < 4.78 is 5.70. The molecule has 0 aliphatic carbocycles. The molecule has 0 aliphatic rings. The van der Waals surface area contributed by atoms with Crippen LogP contribution in [0.25, 0.3) is 0 Å². The lowest BCUT2D eigenvalue weighted by atomic mass is 10.1. The summed E-state index contributed by atoms with van der Waals surface area (Å²) in [6, 6.07) is 0. The molecule has 1 heteroatoms. The molecule has 1 unspecified atom stereocenters. The zero-order valence-corrected chi connectivity index (χ0v) is 8.06. The van der Waals surface area contributed by atoms with Crippen LogP contribution < -0.4 is 0 Å². The molecule has 0 radical (unpaired) electrons. The van der Waals surface area contributed by atoms with Crippen LogP contribution in [0.5, 0.6) is 0 Å². The fourth-order valence-corrected chi connectivity index (χ4v) is 0.694. The molecule has 1 nitrogen and oxygen atoms in total. The molecule has 0 saturated heterocycles. The van der Waals surface area contributed by atoms with Crippen LogP contribution >= 0.6 is 0 Å². The van der Waals surface area contributed by atoms with Gasteiger partial charge in [-0.1, -0.05) is 13.8 Å². The van der Waals surface area contributed by atoms with Crippen molar-refractivity contribution in [3.05, 3.63) is 0 Å².